The van der Waals surface area contributed by atoms with Crippen LogP contribution in [0.5, 0.6) is 0 Å². The predicted octanol–water partition coefficient (Wildman–Crippen LogP) is -0.518. The molecule has 0 saturated carbocycles. The molecule has 27 valence electrons. The molecule has 0 unspecified atom stereocenters. The van der Waals surface area contributed by atoms with Crippen LogP contribution in [0.4, 0.5) is 0 Å². The predicted molar refractivity (Wildman–Crippen MR) is 16.1 cm³/mol. The monoisotopic (exact) mass is 82.0 g/mol. The van der Waals surface area contributed by atoms with E-state index in [1.807, 2.05) is 0 Å². The summed E-state index contributed by atoms with van der Waals surface area (Å²) in [5.41, 5.74) is 1.50. The van der Waals surface area contributed by atoms with Gasteiger partial charge in [0, 0.05) is 0 Å². The fourth-order valence-electron chi connectivity index (χ4n) is 0. The van der Waals surface area contributed by atoms with Gasteiger partial charge in [-0.1, -0.05) is 0 Å². The van der Waals surface area contributed by atoms with Crippen molar-refractivity contribution in [2.75, 3.05) is 0 Å². The molecule has 0 aliphatic rings. The summed E-state index contributed by atoms with van der Waals surface area (Å²) in [4.78, 5) is 0. The van der Waals surface area contributed by atoms with Crippen LogP contribution < -0.4 is 5.64 Å². The van der Waals surface area contributed by atoms with Crippen LogP contribution in [0.1, 0.15) is 0 Å². The molecule has 4 heteroatoms. The average Bonchev–Trinajstić information content (AvgIpc) is 0.918. The minimum atomic E-state index is 0. The van der Waals surface area contributed by atoms with E-state index in [2.05, 4.69) is 0 Å². The van der Waals surface area contributed by atoms with Crippen LogP contribution >= 0.6 is 13.5 Å². The third-order valence-electron chi connectivity index (χ3n) is 0. The number of hydrogen-bond acceptors (Lipinski definition) is 2. The maximum Gasteiger partial charge on any atom is 0.0593 e. The molecular formula is H4NO2S. The minimum absolute atomic E-state index is 0. The van der Waals surface area contributed by atoms with Gasteiger partial charge in [-0.05, 0) is 0 Å². The maximum absolute atomic E-state index is 6.75. The first-order chi connectivity index (χ1) is 1.41. The van der Waals surface area contributed by atoms with Crippen molar-refractivity contribution >= 4 is 13.5 Å². The molecule has 0 aromatic rings. The largest absolute Gasteiger partial charge is 0.272 e. The molecule has 0 saturated heterocycles. The van der Waals surface area contributed by atoms with Gasteiger partial charge in [0.25, 0.3) is 0 Å². The Bertz CT molecular complexity index is 6.00. The molecule has 0 aromatic heterocycles. The summed E-state index contributed by atoms with van der Waals surface area (Å²) >= 11 is 0. The summed E-state index contributed by atoms with van der Waals surface area (Å²) in [6, 6.07) is 0. The molecule has 0 heterocycles. The van der Waals surface area contributed by atoms with Crippen LogP contribution in [0.15, 0.2) is 0 Å². The van der Waals surface area contributed by atoms with Gasteiger partial charge in [-0.2, -0.15) is 13.5 Å². The van der Waals surface area contributed by atoms with Crippen molar-refractivity contribution in [2.45, 2.75) is 0 Å². The Morgan fingerprint density at radius 3 is 1.25 bits per heavy atom. The zero-order valence-corrected chi connectivity index (χ0v) is 2.84. The van der Waals surface area contributed by atoms with Crippen molar-refractivity contribution in [3.63, 3.8) is 0 Å². The molecule has 0 bridgehead atoms. The highest BCUT2D eigenvalue weighted by Gasteiger charge is 1.32. The lowest BCUT2D eigenvalue weighted by molar-refractivity contribution is -0.0790. The average molecular weight is 82.1 g/mol. The topological polar surface area (TPSA) is 54.6 Å². The summed E-state index contributed by atoms with van der Waals surface area (Å²) < 4.78 is 0. The molecular weight excluding hydrogens is 78.1 g/mol. The van der Waals surface area contributed by atoms with Gasteiger partial charge in [-0.3, -0.25) is 10.4 Å². The first kappa shape index (κ1) is 8.87. The van der Waals surface area contributed by atoms with Crippen LogP contribution in [-0.2, 0) is 0 Å². The summed E-state index contributed by atoms with van der Waals surface area (Å²) in [5.74, 6) is 0. The van der Waals surface area contributed by atoms with Crippen LogP contribution in [-0.4, -0.2) is 10.4 Å². The second-order valence-corrected chi connectivity index (χ2v) is 0.0894. The molecule has 4 heavy (non-hydrogen) atoms. The van der Waals surface area contributed by atoms with Crippen molar-refractivity contribution in [3.05, 3.63) is 0 Å². The molecule has 0 rings (SSSR count). The zero-order chi connectivity index (χ0) is 2.71. The fraction of sp³-hybridized carbons (Fsp3) is 0. The maximum atomic E-state index is 6.75. The minimum Gasteiger partial charge on any atom is -0.272 e. The lowest BCUT2D eigenvalue weighted by atomic mass is 13.3. The first-order valence-electron chi connectivity index (χ1n) is 0.400. The zero-order valence-electron chi connectivity index (χ0n) is 1.84. The van der Waals surface area contributed by atoms with Crippen LogP contribution in [0, 0.1) is 0 Å². The van der Waals surface area contributed by atoms with E-state index < -0.39 is 0 Å². The van der Waals surface area contributed by atoms with Gasteiger partial charge in [-0.25, -0.2) is 0 Å². The summed E-state index contributed by atoms with van der Waals surface area (Å²) in [6.07, 6.45) is 0. The van der Waals surface area contributed by atoms with E-state index in [9.17, 15) is 0 Å². The quantitative estimate of drug-likeness (QED) is 0.386. The van der Waals surface area contributed by atoms with Gasteiger partial charge in [0.05, 0.1) is 5.64 Å². The fourth-order valence-corrected chi connectivity index (χ4v) is 0. The lowest BCUT2D eigenvalue weighted by Gasteiger charge is -1.53. The van der Waals surface area contributed by atoms with Gasteiger partial charge >= 0.3 is 0 Å². The Kier molecular flexibility index (Phi) is 23.6. The van der Waals surface area contributed by atoms with E-state index in [0.29, 0.717) is 0 Å². The Labute approximate surface area is 30.6 Å². The molecule has 0 aliphatic carbocycles. The Morgan fingerprint density at radius 1 is 1.25 bits per heavy atom. The van der Waals surface area contributed by atoms with Crippen LogP contribution in [0.3, 0.4) is 0 Å². The smallest absolute Gasteiger partial charge is 0.0593 e. The van der Waals surface area contributed by atoms with Gasteiger partial charge in [-0.15, -0.1) is 0 Å². The molecule has 0 aliphatic heterocycles. The number of rotatable bonds is 0. The highest BCUT2D eigenvalue weighted by Crippen LogP contribution is 1.03. The highest BCUT2D eigenvalue weighted by atomic mass is 32.1. The molecule has 2 N–H and O–H groups in total. The number of hydrogen-bond donors (Lipinski definition) is 2. The van der Waals surface area contributed by atoms with E-state index in [-0.39, 0.29) is 13.5 Å². The lowest BCUT2D eigenvalue weighted by Crippen LogP contribution is -1.80. The summed E-state index contributed by atoms with van der Waals surface area (Å²) in [5, 5.41) is 13.5. The third-order valence-corrected chi connectivity index (χ3v) is 0. The van der Waals surface area contributed by atoms with Gasteiger partial charge in [0.2, 0.25) is 0 Å². The van der Waals surface area contributed by atoms with E-state index >= 15 is 0 Å². The van der Waals surface area contributed by atoms with Gasteiger partial charge in [0.1, 0.15) is 0 Å². The second-order valence-electron chi connectivity index (χ2n) is 0.0894. The van der Waals surface area contributed by atoms with Gasteiger partial charge in [0.15, 0.2) is 0 Å². The second kappa shape index (κ2) is 10.6. The molecule has 3 nitrogen and oxygen atoms in total. The Morgan fingerprint density at radius 2 is 1.25 bits per heavy atom. The molecule has 1 radical (unpaired) electrons. The normalized spacial score (nSPS) is 4.50. The SMILES string of the molecule is O[N]O.S. The Balaban J connectivity index is 0. The number of nitrogens with zero attached hydrogens (tertiary/aromatic N) is 1. The summed E-state index contributed by atoms with van der Waals surface area (Å²) in [7, 11) is 0. The molecule has 0 fully saturated rings. The van der Waals surface area contributed by atoms with Crippen LogP contribution in [0.25, 0.3) is 0 Å². The van der Waals surface area contributed by atoms with Crippen molar-refractivity contribution in [1.82, 2.24) is 5.64 Å². The Hall–Kier alpha value is 0.230. The van der Waals surface area contributed by atoms with Crippen molar-refractivity contribution in [1.29, 1.82) is 0 Å². The van der Waals surface area contributed by atoms with E-state index in [4.69, 9.17) is 10.4 Å². The van der Waals surface area contributed by atoms with Gasteiger partial charge < -0.3 is 0 Å². The van der Waals surface area contributed by atoms with Crippen LogP contribution in [0.2, 0.25) is 0 Å². The van der Waals surface area contributed by atoms with Crippen molar-refractivity contribution < 1.29 is 10.4 Å². The third kappa shape index (κ3) is 63.8. The summed E-state index contributed by atoms with van der Waals surface area (Å²) in [6.45, 7) is 0. The molecule has 0 spiro atoms. The van der Waals surface area contributed by atoms with Crippen molar-refractivity contribution in [3.8, 4) is 0 Å². The highest BCUT2D eigenvalue weighted by molar-refractivity contribution is 7.59. The molecule has 0 amide bonds. The first-order valence-corrected chi connectivity index (χ1v) is 0.400. The van der Waals surface area contributed by atoms with E-state index in [1.54, 1.807) is 0 Å². The molecule has 0 atom stereocenters. The molecule has 0 aromatic carbocycles. The van der Waals surface area contributed by atoms with Crippen molar-refractivity contribution in [2.24, 2.45) is 0 Å². The standard InChI is InChI=1S/H2NO2.H2S/c2-1-3;/h2-3H;1H2. The van der Waals surface area contributed by atoms with E-state index in [1.165, 1.54) is 5.64 Å². The van der Waals surface area contributed by atoms with E-state index in [0.717, 1.165) is 0 Å².